The van der Waals surface area contributed by atoms with Gasteiger partial charge < -0.3 is 20.1 Å². The van der Waals surface area contributed by atoms with Crippen molar-refractivity contribution >= 4 is 5.97 Å². The number of hydrogen-bond donors (Lipinski definition) is 3. The van der Waals surface area contributed by atoms with Crippen LogP contribution in [-0.2, 0) is 9.53 Å². The third-order valence-electron chi connectivity index (χ3n) is 13.1. The number of aliphatic hydroxyl groups is 2. The van der Waals surface area contributed by atoms with Crippen molar-refractivity contribution in [3.05, 3.63) is 11.6 Å². The second-order valence-corrected chi connectivity index (χ2v) is 14.7. The molecule has 4 unspecified atom stereocenters. The molecule has 0 aliphatic heterocycles. The van der Waals surface area contributed by atoms with Crippen LogP contribution in [0.15, 0.2) is 11.6 Å². The zero-order chi connectivity index (χ0) is 25.8. The van der Waals surface area contributed by atoms with Crippen LogP contribution in [0.2, 0.25) is 0 Å². The zero-order valence-corrected chi connectivity index (χ0v) is 23.0. The minimum Gasteiger partial charge on any atom is -0.481 e. The highest BCUT2D eigenvalue weighted by Crippen LogP contribution is 2.75. The number of aliphatic hydroxyl groups excluding tert-OH is 2. The second kappa shape index (κ2) is 7.57. The van der Waals surface area contributed by atoms with Gasteiger partial charge in [-0.15, -0.1) is 0 Å². The number of rotatable bonds is 2. The van der Waals surface area contributed by atoms with Crippen molar-refractivity contribution in [3.63, 3.8) is 0 Å². The normalized spacial score (nSPS) is 55.0. The molecule has 3 N–H and O–H groups in total. The lowest BCUT2D eigenvalue weighted by Gasteiger charge is -2.71. The fourth-order valence-electron chi connectivity index (χ4n) is 10.6. The Morgan fingerprint density at radius 2 is 1.60 bits per heavy atom. The van der Waals surface area contributed by atoms with E-state index in [1.54, 1.807) is 7.11 Å². The van der Waals surface area contributed by atoms with Gasteiger partial charge in [-0.3, -0.25) is 4.79 Å². The molecule has 0 aromatic rings. The SMILES string of the molecule is CO[C@]1(C)[C@@H]2CC[C@@]3(C)C(CC=C4C5CC(C)(C)CC[C@]5(C(=O)O)C(O)C[C@]43C)C2(C)CC[C@@H]1O. The highest BCUT2D eigenvalue weighted by atomic mass is 16.5. The first-order valence-electron chi connectivity index (χ1n) is 14.0. The van der Waals surface area contributed by atoms with E-state index in [4.69, 9.17) is 4.74 Å². The highest BCUT2D eigenvalue weighted by Gasteiger charge is 2.71. The number of carboxylic acid groups (broad SMARTS) is 1. The first-order valence-corrected chi connectivity index (χ1v) is 14.0. The Morgan fingerprint density at radius 1 is 0.914 bits per heavy atom. The molecular formula is C30H48O5. The molecule has 0 saturated heterocycles. The van der Waals surface area contributed by atoms with Crippen molar-refractivity contribution in [3.8, 4) is 0 Å². The number of aliphatic carboxylic acids is 1. The van der Waals surface area contributed by atoms with Gasteiger partial charge in [-0.05, 0) is 104 Å². The summed E-state index contributed by atoms with van der Waals surface area (Å²) >= 11 is 0. The molecule has 5 aliphatic carbocycles. The third-order valence-corrected chi connectivity index (χ3v) is 13.1. The molecule has 5 rings (SSSR count). The molecule has 198 valence electrons. The molecule has 0 aromatic carbocycles. The third kappa shape index (κ3) is 3.01. The van der Waals surface area contributed by atoms with Crippen LogP contribution in [0.3, 0.4) is 0 Å². The quantitative estimate of drug-likeness (QED) is 0.442. The number of carboxylic acids is 1. The predicted molar refractivity (Wildman–Crippen MR) is 136 cm³/mol. The van der Waals surface area contributed by atoms with Crippen LogP contribution >= 0.6 is 0 Å². The lowest BCUT2D eigenvalue weighted by Crippen LogP contribution is -2.69. The monoisotopic (exact) mass is 488 g/mol. The van der Waals surface area contributed by atoms with Crippen LogP contribution in [0.5, 0.6) is 0 Å². The van der Waals surface area contributed by atoms with Gasteiger partial charge in [-0.1, -0.05) is 46.3 Å². The van der Waals surface area contributed by atoms with Gasteiger partial charge in [0, 0.05) is 7.11 Å². The van der Waals surface area contributed by atoms with E-state index in [0.717, 1.165) is 44.9 Å². The summed E-state index contributed by atoms with van der Waals surface area (Å²) in [4.78, 5) is 12.8. The summed E-state index contributed by atoms with van der Waals surface area (Å²) in [5, 5.41) is 33.2. The Kier molecular flexibility index (Phi) is 5.56. The van der Waals surface area contributed by atoms with Crippen molar-refractivity contribution in [2.24, 2.45) is 44.8 Å². The lowest BCUT2D eigenvalue weighted by molar-refractivity contribution is -0.247. The average molecular weight is 489 g/mol. The molecule has 5 nitrogen and oxygen atoms in total. The number of hydrogen-bond acceptors (Lipinski definition) is 4. The van der Waals surface area contributed by atoms with Crippen LogP contribution in [-0.4, -0.2) is 46.2 Å². The molecule has 5 heteroatoms. The number of methoxy groups -OCH3 is 1. The second-order valence-electron chi connectivity index (χ2n) is 14.7. The number of ether oxygens (including phenoxy) is 1. The standard InChI is InChI=1S/C30H48O5/c1-25(2)14-15-30(24(33)34)19(16-25)18-8-9-20-26(3)12-11-22(31)29(6,35-7)21(26)10-13-27(20,4)28(18,5)17-23(30)32/h8,19-23,31-32H,9-17H2,1-7H3,(H,33,34)/t19?,20?,21-,22+,23?,26?,27+,28-,29-,30-/m1/s1. The molecule has 0 radical (unpaired) electrons. The Bertz CT molecular complexity index is 941. The van der Waals surface area contributed by atoms with Crippen molar-refractivity contribution in [1.29, 1.82) is 0 Å². The van der Waals surface area contributed by atoms with Crippen LogP contribution in [0.4, 0.5) is 0 Å². The maximum Gasteiger partial charge on any atom is 0.312 e. The molecule has 0 amide bonds. The highest BCUT2D eigenvalue weighted by molar-refractivity contribution is 5.77. The van der Waals surface area contributed by atoms with Gasteiger partial charge in [0.15, 0.2) is 0 Å². The van der Waals surface area contributed by atoms with Gasteiger partial charge in [0.25, 0.3) is 0 Å². The van der Waals surface area contributed by atoms with Crippen molar-refractivity contribution in [1.82, 2.24) is 0 Å². The predicted octanol–water partition coefficient (Wildman–Crippen LogP) is 5.58. The van der Waals surface area contributed by atoms with E-state index in [-0.39, 0.29) is 33.5 Å². The molecule has 35 heavy (non-hydrogen) atoms. The fourth-order valence-corrected chi connectivity index (χ4v) is 10.6. The largest absolute Gasteiger partial charge is 0.481 e. The van der Waals surface area contributed by atoms with Crippen LogP contribution in [0, 0.1) is 44.8 Å². The van der Waals surface area contributed by atoms with E-state index in [1.165, 1.54) is 5.57 Å². The zero-order valence-electron chi connectivity index (χ0n) is 23.0. The first kappa shape index (κ1) is 25.7. The lowest BCUT2D eigenvalue weighted by atomic mass is 9.34. The average Bonchev–Trinajstić information content (AvgIpc) is 2.76. The van der Waals surface area contributed by atoms with E-state index < -0.39 is 29.2 Å². The summed E-state index contributed by atoms with van der Waals surface area (Å²) in [6.07, 6.45) is 8.58. The minimum absolute atomic E-state index is 0.0279. The summed E-state index contributed by atoms with van der Waals surface area (Å²) in [6.45, 7) is 13.8. The summed E-state index contributed by atoms with van der Waals surface area (Å²) in [7, 11) is 1.75. The molecule has 0 heterocycles. The van der Waals surface area contributed by atoms with Gasteiger partial charge in [0.1, 0.15) is 5.41 Å². The van der Waals surface area contributed by atoms with E-state index in [2.05, 4.69) is 47.6 Å². The van der Waals surface area contributed by atoms with E-state index in [1.807, 2.05) is 0 Å². The molecule has 0 aromatic heterocycles. The number of carbonyl (C=O) groups is 1. The van der Waals surface area contributed by atoms with Crippen molar-refractivity contribution in [2.45, 2.75) is 117 Å². The fraction of sp³-hybridized carbons (Fsp3) is 0.900. The summed E-state index contributed by atoms with van der Waals surface area (Å²) in [5.41, 5.74) is -0.452. The van der Waals surface area contributed by atoms with Crippen molar-refractivity contribution in [2.75, 3.05) is 7.11 Å². The van der Waals surface area contributed by atoms with Gasteiger partial charge in [-0.2, -0.15) is 0 Å². The minimum atomic E-state index is -1.06. The topological polar surface area (TPSA) is 87.0 Å². The van der Waals surface area contributed by atoms with Crippen LogP contribution in [0.25, 0.3) is 0 Å². The molecular weight excluding hydrogens is 440 g/mol. The molecule has 10 atom stereocenters. The maximum atomic E-state index is 12.8. The van der Waals surface area contributed by atoms with Gasteiger partial charge >= 0.3 is 5.97 Å². The number of fused-ring (bicyclic) bond motifs is 7. The Hall–Kier alpha value is -0.910. The molecule has 0 bridgehead atoms. The molecule has 4 saturated carbocycles. The van der Waals surface area contributed by atoms with E-state index >= 15 is 0 Å². The smallest absolute Gasteiger partial charge is 0.312 e. The van der Waals surface area contributed by atoms with Gasteiger partial charge in [0.2, 0.25) is 0 Å². The summed E-state index contributed by atoms with van der Waals surface area (Å²) in [6, 6.07) is 0. The summed E-state index contributed by atoms with van der Waals surface area (Å²) < 4.78 is 6.05. The van der Waals surface area contributed by atoms with Crippen LogP contribution in [0.1, 0.15) is 99.3 Å². The van der Waals surface area contributed by atoms with Crippen molar-refractivity contribution < 1.29 is 24.9 Å². The molecule has 0 spiro atoms. The Morgan fingerprint density at radius 3 is 2.23 bits per heavy atom. The Labute approximate surface area is 211 Å². The van der Waals surface area contributed by atoms with Gasteiger partial charge in [0.05, 0.1) is 17.8 Å². The molecule has 4 fully saturated rings. The summed E-state index contributed by atoms with van der Waals surface area (Å²) in [5.74, 6) is -0.238. The van der Waals surface area contributed by atoms with Crippen LogP contribution < -0.4 is 0 Å². The first-order chi connectivity index (χ1) is 16.1. The molecule has 5 aliphatic rings. The van der Waals surface area contributed by atoms with E-state index in [0.29, 0.717) is 18.8 Å². The maximum absolute atomic E-state index is 12.8. The number of allylic oxidation sites excluding steroid dienone is 2. The van der Waals surface area contributed by atoms with Gasteiger partial charge in [-0.25, -0.2) is 0 Å². The Balaban J connectivity index is 1.63. The van der Waals surface area contributed by atoms with E-state index in [9.17, 15) is 20.1 Å².